The second-order valence-electron chi connectivity index (χ2n) is 3.48. The minimum absolute atomic E-state index is 0.369. The minimum Gasteiger partial charge on any atom is -0.382 e. The van der Waals surface area contributed by atoms with E-state index in [0.29, 0.717) is 16.6 Å². The molecule has 3 nitrogen and oxygen atoms in total. The Labute approximate surface area is 87.2 Å². The van der Waals surface area contributed by atoms with Crippen LogP contribution in [0.1, 0.15) is 23.2 Å². The monoisotopic (exact) mass is 210 g/mol. The largest absolute Gasteiger partial charge is 0.382 e. The van der Waals surface area contributed by atoms with Gasteiger partial charge in [0.25, 0.3) is 0 Å². The zero-order valence-electron chi connectivity index (χ0n) is 7.59. The van der Waals surface area contributed by atoms with Crippen LogP contribution in [-0.2, 0) is 0 Å². The Morgan fingerprint density at radius 1 is 1.50 bits per heavy atom. The molecule has 4 heteroatoms. The second kappa shape index (κ2) is 3.50. The van der Waals surface area contributed by atoms with Gasteiger partial charge in [-0.25, -0.2) is 0 Å². The Kier molecular flexibility index (Phi) is 2.33. The second-order valence-corrected chi connectivity index (χ2v) is 3.88. The maximum absolute atomic E-state index is 10.9. The van der Waals surface area contributed by atoms with Gasteiger partial charge >= 0.3 is 0 Å². The van der Waals surface area contributed by atoms with E-state index < -0.39 is 5.91 Å². The van der Waals surface area contributed by atoms with Crippen LogP contribution in [0.25, 0.3) is 0 Å². The van der Waals surface area contributed by atoms with Crippen LogP contribution in [0.5, 0.6) is 0 Å². The van der Waals surface area contributed by atoms with Gasteiger partial charge in [0.2, 0.25) is 5.91 Å². The van der Waals surface area contributed by atoms with E-state index in [4.69, 9.17) is 17.3 Å². The Morgan fingerprint density at radius 2 is 2.21 bits per heavy atom. The molecule has 0 unspecified atom stereocenters. The molecule has 14 heavy (non-hydrogen) atoms. The number of amides is 1. The lowest BCUT2D eigenvalue weighted by Crippen LogP contribution is -2.11. The van der Waals surface area contributed by atoms with Crippen molar-refractivity contribution < 1.29 is 4.79 Å². The summed E-state index contributed by atoms with van der Waals surface area (Å²) < 4.78 is 0. The molecule has 0 aromatic heterocycles. The highest BCUT2D eigenvalue weighted by Crippen LogP contribution is 2.27. The highest BCUT2D eigenvalue weighted by atomic mass is 35.5. The summed E-state index contributed by atoms with van der Waals surface area (Å²) in [6.45, 7) is 0. The molecule has 0 radical (unpaired) electrons. The van der Waals surface area contributed by atoms with Gasteiger partial charge < -0.3 is 11.1 Å². The van der Waals surface area contributed by atoms with Crippen molar-refractivity contribution in [2.24, 2.45) is 5.73 Å². The maximum atomic E-state index is 10.9. The van der Waals surface area contributed by atoms with Crippen molar-refractivity contribution in [1.82, 2.24) is 0 Å². The van der Waals surface area contributed by atoms with Gasteiger partial charge in [0.15, 0.2) is 0 Å². The first-order chi connectivity index (χ1) is 6.66. The van der Waals surface area contributed by atoms with E-state index in [-0.39, 0.29) is 0 Å². The molecule has 1 aromatic carbocycles. The fraction of sp³-hybridized carbons (Fsp3) is 0.300. The third kappa shape index (κ3) is 1.99. The van der Waals surface area contributed by atoms with Crippen molar-refractivity contribution in [3.05, 3.63) is 28.8 Å². The molecule has 1 aliphatic carbocycles. The Morgan fingerprint density at radius 3 is 2.71 bits per heavy atom. The minimum atomic E-state index is -0.493. The van der Waals surface area contributed by atoms with Gasteiger partial charge in [0.1, 0.15) is 0 Å². The standard InChI is InChI=1S/C10H11ClN2O/c11-9-5-7(13-6-1-2-6)3-4-8(9)10(12)14/h3-6,13H,1-2H2,(H2,12,14). The first kappa shape index (κ1) is 9.34. The number of nitrogens with two attached hydrogens (primary N) is 1. The number of anilines is 1. The number of carbonyl (C=O) groups excluding carboxylic acids is 1. The van der Waals surface area contributed by atoms with Gasteiger partial charge in [0, 0.05) is 11.7 Å². The van der Waals surface area contributed by atoms with E-state index in [0.717, 1.165) is 5.69 Å². The van der Waals surface area contributed by atoms with Crippen molar-refractivity contribution in [2.75, 3.05) is 5.32 Å². The molecule has 1 aromatic rings. The average molecular weight is 211 g/mol. The smallest absolute Gasteiger partial charge is 0.250 e. The molecular weight excluding hydrogens is 200 g/mol. The van der Waals surface area contributed by atoms with Crippen LogP contribution in [-0.4, -0.2) is 11.9 Å². The predicted molar refractivity (Wildman–Crippen MR) is 56.6 cm³/mol. The number of carbonyl (C=O) groups is 1. The molecule has 0 atom stereocenters. The number of rotatable bonds is 3. The molecule has 1 aliphatic rings. The van der Waals surface area contributed by atoms with E-state index in [1.54, 1.807) is 12.1 Å². The van der Waals surface area contributed by atoms with E-state index >= 15 is 0 Å². The third-order valence-corrected chi connectivity index (χ3v) is 2.50. The topological polar surface area (TPSA) is 55.1 Å². The summed E-state index contributed by atoms with van der Waals surface area (Å²) in [5.41, 5.74) is 6.45. The van der Waals surface area contributed by atoms with Crippen LogP contribution in [0.15, 0.2) is 18.2 Å². The molecule has 1 saturated carbocycles. The fourth-order valence-corrected chi connectivity index (χ4v) is 1.54. The number of hydrogen-bond donors (Lipinski definition) is 2. The summed E-state index contributed by atoms with van der Waals surface area (Å²) in [4.78, 5) is 10.9. The molecule has 74 valence electrons. The van der Waals surface area contributed by atoms with Crippen molar-refractivity contribution in [1.29, 1.82) is 0 Å². The Hall–Kier alpha value is -1.22. The maximum Gasteiger partial charge on any atom is 0.250 e. The molecule has 0 aliphatic heterocycles. The molecule has 3 N–H and O–H groups in total. The number of hydrogen-bond acceptors (Lipinski definition) is 2. The first-order valence-corrected chi connectivity index (χ1v) is 4.90. The Bertz CT molecular complexity index is 374. The number of primary amides is 1. The molecule has 0 saturated heterocycles. The molecule has 1 amide bonds. The van der Waals surface area contributed by atoms with Crippen molar-refractivity contribution in [3.63, 3.8) is 0 Å². The average Bonchev–Trinajstić information content (AvgIpc) is 2.87. The summed E-state index contributed by atoms with van der Waals surface area (Å²) in [7, 11) is 0. The number of nitrogens with one attached hydrogen (secondary N) is 1. The zero-order chi connectivity index (χ0) is 10.1. The van der Waals surface area contributed by atoms with Crippen molar-refractivity contribution >= 4 is 23.2 Å². The van der Waals surface area contributed by atoms with Crippen LogP contribution in [0.4, 0.5) is 5.69 Å². The highest BCUT2D eigenvalue weighted by Gasteiger charge is 2.21. The molecule has 0 spiro atoms. The summed E-state index contributed by atoms with van der Waals surface area (Å²) in [6, 6.07) is 5.78. The zero-order valence-corrected chi connectivity index (χ0v) is 8.34. The van der Waals surface area contributed by atoms with Crippen LogP contribution in [0.2, 0.25) is 5.02 Å². The quantitative estimate of drug-likeness (QED) is 0.802. The highest BCUT2D eigenvalue weighted by molar-refractivity contribution is 6.34. The summed E-state index contributed by atoms with van der Waals surface area (Å²) >= 11 is 5.89. The van der Waals surface area contributed by atoms with Gasteiger partial charge in [-0.2, -0.15) is 0 Å². The molecular formula is C10H11ClN2O. The predicted octanol–water partition coefficient (Wildman–Crippen LogP) is 2.01. The van der Waals surface area contributed by atoms with E-state index in [2.05, 4.69) is 5.32 Å². The lowest BCUT2D eigenvalue weighted by Gasteiger charge is -2.06. The van der Waals surface area contributed by atoms with Crippen LogP contribution < -0.4 is 11.1 Å². The van der Waals surface area contributed by atoms with Gasteiger partial charge in [-0.15, -0.1) is 0 Å². The SMILES string of the molecule is NC(=O)c1ccc(NC2CC2)cc1Cl. The molecule has 2 rings (SSSR count). The summed E-state index contributed by atoms with van der Waals surface area (Å²) in [5.74, 6) is -0.493. The van der Waals surface area contributed by atoms with Crippen LogP contribution in [0.3, 0.4) is 0 Å². The van der Waals surface area contributed by atoms with Gasteiger partial charge in [-0.3, -0.25) is 4.79 Å². The Balaban J connectivity index is 2.20. The summed E-state index contributed by atoms with van der Waals surface area (Å²) in [6.07, 6.45) is 2.41. The van der Waals surface area contributed by atoms with Gasteiger partial charge in [-0.05, 0) is 31.0 Å². The molecule has 1 fully saturated rings. The third-order valence-electron chi connectivity index (χ3n) is 2.18. The van der Waals surface area contributed by atoms with Crippen molar-refractivity contribution in [2.45, 2.75) is 18.9 Å². The van der Waals surface area contributed by atoms with E-state index in [1.807, 2.05) is 6.07 Å². The summed E-state index contributed by atoms with van der Waals surface area (Å²) in [5, 5.41) is 3.69. The lowest BCUT2D eigenvalue weighted by atomic mass is 10.2. The van der Waals surface area contributed by atoms with E-state index in [1.165, 1.54) is 12.8 Å². The van der Waals surface area contributed by atoms with Gasteiger partial charge in [-0.1, -0.05) is 11.6 Å². The molecule has 0 heterocycles. The van der Waals surface area contributed by atoms with Crippen molar-refractivity contribution in [3.8, 4) is 0 Å². The molecule has 0 bridgehead atoms. The fourth-order valence-electron chi connectivity index (χ4n) is 1.27. The number of halogens is 1. The van der Waals surface area contributed by atoms with Crippen LogP contribution in [0, 0.1) is 0 Å². The number of benzene rings is 1. The van der Waals surface area contributed by atoms with Crippen LogP contribution >= 0.6 is 11.6 Å². The lowest BCUT2D eigenvalue weighted by molar-refractivity contribution is 0.100. The van der Waals surface area contributed by atoms with Gasteiger partial charge in [0.05, 0.1) is 10.6 Å². The van der Waals surface area contributed by atoms with E-state index in [9.17, 15) is 4.79 Å². The first-order valence-electron chi connectivity index (χ1n) is 4.52. The normalized spacial score (nSPS) is 15.2.